The van der Waals surface area contributed by atoms with E-state index in [1.54, 1.807) is 11.8 Å². The molecule has 0 spiro atoms. The van der Waals surface area contributed by atoms with Crippen LogP contribution in [-0.2, 0) is 4.79 Å². The van der Waals surface area contributed by atoms with Crippen LogP contribution in [0.25, 0.3) is 15.3 Å². The number of anilines is 1. The van der Waals surface area contributed by atoms with Gasteiger partial charge in [0.05, 0.1) is 29.1 Å². The highest BCUT2D eigenvalue weighted by atomic mass is 32.1. The Morgan fingerprint density at radius 2 is 1.97 bits per heavy atom. The van der Waals surface area contributed by atoms with Gasteiger partial charge in [0, 0.05) is 17.9 Å². The fourth-order valence-electron chi connectivity index (χ4n) is 5.08. The summed E-state index contributed by atoms with van der Waals surface area (Å²) in [5, 5.41) is 8.58. The summed E-state index contributed by atoms with van der Waals surface area (Å²) in [6.45, 7) is 2.00. The highest BCUT2D eigenvalue weighted by Crippen LogP contribution is 2.42. The molecule has 8 heteroatoms. The third kappa shape index (κ3) is 3.72. The number of aryl methyl sites for hydroxylation is 1. The molecular weight excluding hydrogens is 448 g/mol. The Hall–Kier alpha value is -3.39. The maximum Gasteiger partial charge on any atom is 0.226 e. The number of aromatic nitrogens is 3. The van der Waals surface area contributed by atoms with Crippen molar-refractivity contribution < 1.29 is 14.3 Å². The van der Waals surface area contributed by atoms with Crippen molar-refractivity contribution in [1.82, 2.24) is 14.8 Å². The molecule has 1 N–H and O–H groups in total. The van der Waals surface area contributed by atoms with Gasteiger partial charge in [-0.05, 0) is 68.5 Å². The standard InChI is InChI=1S/C26H26N4O3S/c1-15-24-20(16-6-5-9-19(12-16)33-17-7-3-4-8-17)14-23(31)28-25(24)30(29-15)26-27-21-11-10-18(32-2)13-22(21)34-26/h5-6,9-13,17,20H,3-4,7-8,14H2,1-2H3,(H,28,31). The number of thiazole rings is 1. The molecule has 1 atom stereocenters. The van der Waals surface area contributed by atoms with Crippen LogP contribution < -0.4 is 14.8 Å². The monoisotopic (exact) mass is 474 g/mol. The molecule has 0 saturated heterocycles. The van der Waals surface area contributed by atoms with Gasteiger partial charge in [-0.25, -0.2) is 4.98 Å². The molecule has 3 heterocycles. The molecule has 2 aromatic carbocycles. The van der Waals surface area contributed by atoms with E-state index in [2.05, 4.69) is 17.4 Å². The minimum atomic E-state index is -0.0842. The number of hydrogen-bond acceptors (Lipinski definition) is 6. The number of hydrogen-bond donors (Lipinski definition) is 1. The van der Waals surface area contributed by atoms with Crippen molar-refractivity contribution in [3.63, 3.8) is 0 Å². The van der Waals surface area contributed by atoms with E-state index in [0.717, 1.165) is 51.4 Å². The molecule has 174 valence electrons. The SMILES string of the molecule is COc1ccc2nc(-n3nc(C)c4c3NC(=O)CC4c3cccc(OC4CCCC4)c3)sc2c1. The Kier molecular flexibility index (Phi) is 5.25. The number of ether oxygens (including phenoxy) is 2. The smallest absolute Gasteiger partial charge is 0.226 e. The predicted octanol–water partition coefficient (Wildman–Crippen LogP) is 5.59. The van der Waals surface area contributed by atoms with Gasteiger partial charge in [-0.3, -0.25) is 4.79 Å². The normalized spacial score (nSPS) is 18.2. The molecule has 1 aliphatic carbocycles. The van der Waals surface area contributed by atoms with Crippen LogP contribution in [-0.4, -0.2) is 33.9 Å². The zero-order chi connectivity index (χ0) is 23.2. The van der Waals surface area contributed by atoms with E-state index in [1.807, 2.05) is 37.3 Å². The highest BCUT2D eigenvalue weighted by Gasteiger charge is 2.33. The first kappa shape index (κ1) is 21.2. The van der Waals surface area contributed by atoms with Gasteiger partial charge in [0.25, 0.3) is 0 Å². The average molecular weight is 475 g/mol. The Morgan fingerprint density at radius 1 is 1.12 bits per heavy atom. The highest BCUT2D eigenvalue weighted by molar-refractivity contribution is 7.20. The lowest BCUT2D eigenvalue weighted by atomic mass is 9.86. The van der Waals surface area contributed by atoms with Crippen LogP contribution >= 0.6 is 11.3 Å². The van der Waals surface area contributed by atoms with Crippen molar-refractivity contribution in [3.8, 4) is 16.6 Å². The fourth-order valence-corrected chi connectivity index (χ4v) is 6.04. The Bertz CT molecular complexity index is 1390. The summed E-state index contributed by atoms with van der Waals surface area (Å²) >= 11 is 1.52. The van der Waals surface area contributed by atoms with E-state index >= 15 is 0 Å². The Labute approximate surface area is 201 Å². The van der Waals surface area contributed by atoms with Gasteiger partial charge in [-0.1, -0.05) is 23.5 Å². The molecule has 34 heavy (non-hydrogen) atoms. The second-order valence-electron chi connectivity index (χ2n) is 8.99. The second kappa shape index (κ2) is 8.43. The molecule has 7 nitrogen and oxygen atoms in total. The number of nitrogens with one attached hydrogen (secondary N) is 1. The van der Waals surface area contributed by atoms with Crippen molar-refractivity contribution in [2.75, 3.05) is 12.4 Å². The van der Waals surface area contributed by atoms with Crippen LogP contribution in [0.1, 0.15) is 54.8 Å². The first-order chi connectivity index (χ1) is 16.6. The van der Waals surface area contributed by atoms with Crippen LogP contribution in [0.15, 0.2) is 42.5 Å². The van der Waals surface area contributed by atoms with E-state index in [1.165, 1.54) is 24.2 Å². The van der Waals surface area contributed by atoms with Crippen molar-refractivity contribution in [1.29, 1.82) is 0 Å². The summed E-state index contributed by atoms with van der Waals surface area (Å²) in [7, 11) is 1.65. The molecule has 1 aliphatic heterocycles. The number of benzene rings is 2. The molecule has 0 bridgehead atoms. The van der Waals surface area contributed by atoms with Crippen molar-refractivity contribution in [2.24, 2.45) is 0 Å². The number of methoxy groups -OCH3 is 1. The second-order valence-corrected chi connectivity index (χ2v) is 10.0. The third-order valence-electron chi connectivity index (χ3n) is 6.73. The van der Waals surface area contributed by atoms with E-state index in [0.29, 0.717) is 23.5 Å². The fraction of sp³-hybridized carbons (Fsp3) is 0.346. The molecule has 2 aliphatic rings. The predicted molar refractivity (Wildman–Crippen MR) is 132 cm³/mol. The van der Waals surface area contributed by atoms with Gasteiger partial charge in [0.15, 0.2) is 0 Å². The van der Waals surface area contributed by atoms with E-state index in [4.69, 9.17) is 19.6 Å². The first-order valence-corrected chi connectivity index (χ1v) is 12.5. The van der Waals surface area contributed by atoms with Crippen molar-refractivity contribution in [3.05, 3.63) is 59.3 Å². The first-order valence-electron chi connectivity index (χ1n) is 11.7. The summed E-state index contributed by atoms with van der Waals surface area (Å²) in [5.41, 5.74) is 3.87. The summed E-state index contributed by atoms with van der Waals surface area (Å²) in [6.07, 6.45) is 5.35. The van der Waals surface area contributed by atoms with Gasteiger partial charge in [-0.2, -0.15) is 9.78 Å². The molecule has 4 aromatic rings. The van der Waals surface area contributed by atoms with Crippen LogP contribution in [0.5, 0.6) is 11.5 Å². The van der Waals surface area contributed by atoms with Gasteiger partial charge in [0.1, 0.15) is 17.3 Å². The van der Waals surface area contributed by atoms with Gasteiger partial charge < -0.3 is 14.8 Å². The third-order valence-corrected chi connectivity index (χ3v) is 7.73. The van der Waals surface area contributed by atoms with Gasteiger partial charge in [-0.15, -0.1) is 0 Å². The average Bonchev–Trinajstić information content (AvgIpc) is 3.57. The van der Waals surface area contributed by atoms with Crippen LogP contribution in [0, 0.1) is 6.92 Å². The lowest BCUT2D eigenvalue weighted by molar-refractivity contribution is -0.116. The molecular formula is C26H26N4O3S. The number of fused-ring (bicyclic) bond motifs is 2. The maximum atomic E-state index is 12.8. The van der Waals surface area contributed by atoms with Crippen molar-refractivity contribution in [2.45, 2.75) is 51.0 Å². The molecule has 0 radical (unpaired) electrons. The topological polar surface area (TPSA) is 78.3 Å². The lowest BCUT2D eigenvalue weighted by Gasteiger charge is -2.24. The van der Waals surface area contributed by atoms with Crippen molar-refractivity contribution >= 4 is 33.3 Å². The Balaban J connectivity index is 1.39. The molecule has 1 saturated carbocycles. The number of rotatable bonds is 5. The van der Waals surface area contributed by atoms with Crippen LogP contribution in [0.4, 0.5) is 5.82 Å². The summed E-state index contributed by atoms with van der Waals surface area (Å²) in [4.78, 5) is 17.6. The molecule has 1 unspecified atom stereocenters. The molecule has 2 aromatic heterocycles. The van der Waals surface area contributed by atoms with Crippen LogP contribution in [0.3, 0.4) is 0 Å². The summed E-state index contributed by atoms with van der Waals surface area (Å²) in [5.74, 6) is 2.26. The quantitative estimate of drug-likeness (QED) is 0.408. The number of amides is 1. The van der Waals surface area contributed by atoms with Crippen LogP contribution in [0.2, 0.25) is 0 Å². The molecule has 1 fully saturated rings. The van der Waals surface area contributed by atoms with Gasteiger partial charge >= 0.3 is 0 Å². The molecule has 1 amide bonds. The maximum absolute atomic E-state index is 12.8. The summed E-state index contributed by atoms with van der Waals surface area (Å²) < 4.78 is 14.4. The Morgan fingerprint density at radius 3 is 2.79 bits per heavy atom. The van der Waals surface area contributed by atoms with Gasteiger partial charge in [0.2, 0.25) is 11.0 Å². The minimum Gasteiger partial charge on any atom is -0.497 e. The zero-order valence-corrected chi connectivity index (χ0v) is 20.0. The van der Waals surface area contributed by atoms with E-state index in [9.17, 15) is 4.79 Å². The van der Waals surface area contributed by atoms with E-state index < -0.39 is 0 Å². The summed E-state index contributed by atoms with van der Waals surface area (Å²) in [6, 6.07) is 14.0. The largest absolute Gasteiger partial charge is 0.497 e. The number of nitrogens with zero attached hydrogens (tertiary/aromatic N) is 3. The molecule has 6 rings (SSSR count). The number of carbonyl (C=O) groups is 1. The zero-order valence-electron chi connectivity index (χ0n) is 19.2. The minimum absolute atomic E-state index is 0.0245. The lowest BCUT2D eigenvalue weighted by Crippen LogP contribution is -2.25. The number of carbonyl (C=O) groups excluding carboxylic acids is 1. The van der Waals surface area contributed by atoms with E-state index in [-0.39, 0.29) is 11.8 Å².